The van der Waals surface area contributed by atoms with Crippen molar-refractivity contribution in [2.75, 3.05) is 13.7 Å². The third kappa shape index (κ3) is 4.15. The summed E-state index contributed by atoms with van der Waals surface area (Å²) in [7, 11) is 1.40. The first-order valence-corrected chi connectivity index (χ1v) is 6.52. The lowest BCUT2D eigenvalue weighted by Gasteiger charge is -2.25. The molecule has 0 amide bonds. The molecule has 2 rings (SSSR count). The molecule has 0 atom stereocenters. The number of aliphatic hydroxyl groups is 1. The molecule has 3 nitrogen and oxygen atoms in total. The lowest BCUT2D eigenvalue weighted by atomic mass is 9.80. The molecule has 1 aliphatic carbocycles. The molecule has 0 unspecified atom stereocenters. The highest BCUT2D eigenvalue weighted by molar-refractivity contribution is 5.89. The van der Waals surface area contributed by atoms with Crippen LogP contribution in [-0.2, 0) is 4.74 Å². The SMILES string of the molecule is CCCO.COC(=O)c1ccc(C2CCC2)cc1. The van der Waals surface area contributed by atoms with E-state index in [1.807, 2.05) is 31.2 Å². The summed E-state index contributed by atoms with van der Waals surface area (Å²) in [6.45, 7) is 2.25. The minimum atomic E-state index is -0.259. The monoisotopic (exact) mass is 250 g/mol. The van der Waals surface area contributed by atoms with Gasteiger partial charge in [-0.1, -0.05) is 25.5 Å². The van der Waals surface area contributed by atoms with Crippen molar-refractivity contribution >= 4 is 5.97 Å². The number of esters is 1. The van der Waals surface area contributed by atoms with Gasteiger partial charge in [-0.3, -0.25) is 0 Å². The van der Waals surface area contributed by atoms with Crippen molar-refractivity contribution in [2.45, 2.75) is 38.5 Å². The lowest BCUT2D eigenvalue weighted by Crippen LogP contribution is -2.09. The second-order valence-electron chi connectivity index (χ2n) is 4.47. The molecule has 3 heteroatoms. The normalized spacial score (nSPS) is 14.2. The van der Waals surface area contributed by atoms with Gasteiger partial charge in [0.25, 0.3) is 0 Å². The predicted molar refractivity (Wildman–Crippen MR) is 71.8 cm³/mol. The van der Waals surface area contributed by atoms with Crippen molar-refractivity contribution in [3.05, 3.63) is 35.4 Å². The minimum absolute atomic E-state index is 0.259. The zero-order valence-corrected chi connectivity index (χ0v) is 11.2. The van der Waals surface area contributed by atoms with E-state index in [2.05, 4.69) is 4.74 Å². The van der Waals surface area contributed by atoms with Crippen LogP contribution >= 0.6 is 0 Å². The van der Waals surface area contributed by atoms with Crippen molar-refractivity contribution in [3.63, 3.8) is 0 Å². The number of aliphatic hydroxyl groups excluding tert-OH is 1. The van der Waals surface area contributed by atoms with Crippen molar-refractivity contribution in [1.82, 2.24) is 0 Å². The van der Waals surface area contributed by atoms with Gasteiger partial charge in [0.1, 0.15) is 0 Å². The molecule has 1 aliphatic rings. The number of methoxy groups -OCH3 is 1. The van der Waals surface area contributed by atoms with Crippen LogP contribution in [0.25, 0.3) is 0 Å². The maximum Gasteiger partial charge on any atom is 0.337 e. The highest BCUT2D eigenvalue weighted by Crippen LogP contribution is 2.36. The number of ether oxygens (including phenoxy) is 1. The van der Waals surface area contributed by atoms with Gasteiger partial charge < -0.3 is 9.84 Å². The summed E-state index contributed by atoms with van der Waals surface area (Å²) >= 11 is 0. The molecule has 0 spiro atoms. The van der Waals surface area contributed by atoms with Gasteiger partial charge in [-0.15, -0.1) is 0 Å². The smallest absolute Gasteiger partial charge is 0.337 e. The van der Waals surface area contributed by atoms with Crippen LogP contribution in [0, 0.1) is 0 Å². The zero-order chi connectivity index (χ0) is 13.4. The van der Waals surface area contributed by atoms with Gasteiger partial charge in [-0.2, -0.15) is 0 Å². The average molecular weight is 250 g/mol. The molecule has 0 radical (unpaired) electrons. The minimum Gasteiger partial charge on any atom is -0.465 e. The van der Waals surface area contributed by atoms with Crippen LogP contribution in [-0.4, -0.2) is 24.8 Å². The quantitative estimate of drug-likeness (QED) is 0.838. The first-order valence-electron chi connectivity index (χ1n) is 6.52. The van der Waals surface area contributed by atoms with Crippen molar-refractivity contribution < 1.29 is 14.6 Å². The number of carbonyl (C=O) groups is 1. The molecule has 0 heterocycles. The fraction of sp³-hybridized carbons (Fsp3) is 0.533. The van der Waals surface area contributed by atoms with E-state index < -0.39 is 0 Å². The third-order valence-electron chi connectivity index (χ3n) is 3.13. The molecular formula is C15H22O3. The van der Waals surface area contributed by atoms with Gasteiger partial charge in [0.05, 0.1) is 12.7 Å². The van der Waals surface area contributed by atoms with Crippen LogP contribution in [0.15, 0.2) is 24.3 Å². The molecular weight excluding hydrogens is 228 g/mol. The molecule has 1 saturated carbocycles. The standard InChI is InChI=1S/C12H14O2.C3H8O/c1-14-12(13)11-7-5-10(6-8-11)9-3-2-4-9;1-2-3-4/h5-9H,2-4H2,1H3;4H,2-3H2,1H3. The van der Waals surface area contributed by atoms with Gasteiger partial charge in [-0.05, 0) is 42.9 Å². The molecule has 0 aliphatic heterocycles. The zero-order valence-electron chi connectivity index (χ0n) is 11.2. The molecule has 0 aromatic heterocycles. The van der Waals surface area contributed by atoms with E-state index in [-0.39, 0.29) is 5.97 Å². The number of carbonyl (C=O) groups excluding carboxylic acids is 1. The maximum absolute atomic E-state index is 11.2. The Balaban J connectivity index is 0.000000357. The summed E-state index contributed by atoms with van der Waals surface area (Å²) < 4.78 is 4.64. The van der Waals surface area contributed by atoms with E-state index in [0.29, 0.717) is 12.2 Å². The van der Waals surface area contributed by atoms with Gasteiger partial charge in [-0.25, -0.2) is 4.79 Å². The van der Waals surface area contributed by atoms with Crippen LogP contribution in [0.3, 0.4) is 0 Å². The second kappa shape index (κ2) is 7.88. The van der Waals surface area contributed by atoms with Crippen molar-refractivity contribution in [2.24, 2.45) is 0 Å². The Morgan fingerprint density at radius 1 is 1.33 bits per heavy atom. The Bertz CT molecular complexity index is 351. The highest BCUT2D eigenvalue weighted by atomic mass is 16.5. The van der Waals surface area contributed by atoms with E-state index in [4.69, 9.17) is 5.11 Å². The summed E-state index contributed by atoms with van der Waals surface area (Å²) in [5.41, 5.74) is 1.99. The average Bonchev–Trinajstić information content (AvgIpc) is 2.37. The Morgan fingerprint density at radius 2 is 1.89 bits per heavy atom. The lowest BCUT2D eigenvalue weighted by molar-refractivity contribution is 0.0600. The summed E-state index contributed by atoms with van der Waals surface area (Å²) in [6, 6.07) is 7.77. The van der Waals surface area contributed by atoms with Crippen molar-refractivity contribution in [1.29, 1.82) is 0 Å². The fourth-order valence-electron chi connectivity index (χ4n) is 1.75. The molecule has 1 N–H and O–H groups in total. The fourth-order valence-corrected chi connectivity index (χ4v) is 1.75. The maximum atomic E-state index is 11.2. The number of rotatable bonds is 3. The molecule has 18 heavy (non-hydrogen) atoms. The Kier molecular flexibility index (Phi) is 6.44. The first kappa shape index (κ1) is 14.7. The number of hydrogen-bond donors (Lipinski definition) is 1. The third-order valence-corrected chi connectivity index (χ3v) is 3.13. The summed E-state index contributed by atoms with van der Waals surface area (Å²) in [4.78, 5) is 11.2. The van der Waals surface area contributed by atoms with Gasteiger partial charge in [0.2, 0.25) is 0 Å². The molecule has 0 saturated heterocycles. The Hall–Kier alpha value is -1.35. The molecule has 1 fully saturated rings. The van der Waals surface area contributed by atoms with Gasteiger partial charge in [0, 0.05) is 6.61 Å². The van der Waals surface area contributed by atoms with E-state index in [0.717, 1.165) is 12.3 Å². The van der Waals surface area contributed by atoms with Crippen LogP contribution in [0.2, 0.25) is 0 Å². The molecule has 0 bridgehead atoms. The predicted octanol–water partition coefficient (Wildman–Crippen LogP) is 3.13. The van der Waals surface area contributed by atoms with E-state index in [9.17, 15) is 4.79 Å². The van der Waals surface area contributed by atoms with Gasteiger partial charge >= 0.3 is 5.97 Å². The number of hydrogen-bond acceptors (Lipinski definition) is 3. The van der Waals surface area contributed by atoms with Gasteiger partial charge in [0.15, 0.2) is 0 Å². The topological polar surface area (TPSA) is 46.5 Å². The summed E-state index contributed by atoms with van der Waals surface area (Å²) in [5, 5.41) is 7.88. The van der Waals surface area contributed by atoms with E-state index >= 15 is 0 Å². The summed E-state index contributed by atoms with van der Waals surface area (Å²) in [5.74, 6) is 0.465. The van der Waals surface area contributed by atoms with Crippen LogP contribution in [0.4, 0.5) is 0 Å². The Morgan fingerprint density at radius 3 is 2.22 bits per heavy atom. The van der Waals surface area contributed by atoms with Crippen LogP contribution in [0.5, 0.6) is 0 Å². The highest BCUT2D eigenvalue weighted by Gasteiger charge is 2.19. The largest absolute Gasteiger partial charge is 0.465 e. The molecule has 1 aromatic rings. The first-order chi connectivity index (χ1) is 8.72. The Labute approximate surface area is 109 Å². The molecule has 1 aromatic carbocycles. The molecule has 100 valence electrons. The van der Waals surface area contributed by atoms with E-state index in [1.165, 1.54) is 31.9 Å². The number of benzene rings is 1. The second-order valence-corrected chi connectivity index (χ2v) is 4.47. The summed E-state index contributed by atoms with van der Waals surface area (Å²) in [6.07, 6.45) is 4.79. The van der Waals surface area contributed by atoms with Crippen LogP contribution < -0.4 is 0 Å². The van der Waals surface area contributed by atoms with Crippen LogP contribution in [0.1, 0.15) is 54.4 Å². The van der Waals surface area contributed by atoms with E-state index in [1.54, 1.807) is 0 Å². The van der Waals surface area contributed by atoms with Crippen molar-refractivity contribution in [3.8, 4) is 0 Å².